The number of carboxylic acids is 1. The molecule has 1 heterocycles. The Morgan fingerprint density at radius 3 is 2.85 bits per heavy atom. The summed E-state index contributed by atoms with van der Waals surface area (Å²) in [4.78, 5) is 24.8. The van der Waals surface area contributed by atoms with Gasteiger partial charge in [-0.3, -0.25) is 4.79 Å². The third-order valence-electron chi connectivity index (χ3n) is 3.69. The number of methoxy groups -OCH3 is 1. The van der Waals surface area contributed by atoms with Crippen LogP contribution in [0.15, 0.2) is 18.2 Å². The third kappa shape index (κ3) is 2.92. The number of carbonyl (C=O) groups is 2. The zero-order valence-corrected chi connectivity index (χ0v) is 11.8. The van der Waals surface area contributed by atoms with Crippen LogP contribution in [0.4, 0.5) is 0 Å². The Morgan fingerprint density at radius 2 is 2.20 bits per heavy atom. The first-order chi connectivity index (χ1) is 9.52. The summed E-state index contributed by atoms with van der Waals surface area (Å²) >= 11 is 0. The maximum absolute atomic E-state index is 12.2. The number of carboxylic acid groups (broad SMARTS) is 1. The minimum atomic E-state index is -0.919. The molecule has 1 amide bonds. The summed E-state index contributed by atoms with van der Waals surface area (Å²) in [6.07, 6.45) is 1.50. The SMILES string of the molecule is COc1cc(CC(=O)N2CCC[C@H]2C(=O)O)ccc1C. The molecule has 20 heavy (non-hydrogen) atoms. The highest BCUT2D eigenvalue weighted by molar-refractivity contribution is 5.85. The van der Waals surface area contributed by atoms with Crippen LogP contribution in [0.2, 0.25) is 0 Å². The Bertz CT molecular complexity index is 527. The fourth-order valence-electron chi connectivity index (χ4n) is 2.57. The first-order valence-corrected chi connectivity index (χ1v) is 6.68. The molecule has 5 heteroatoms. The third-order valence-corrected chi connectivity index (χ3v) is 3.69. The van der Waals surface area contributed by atoms with E-state index in [-0.39, 0.29) is 12.3 Å². The minimum absolute atomic E-state index is 0.138. The van der Waals surface area contributed by atoms with E-state index in [2.05, 4.69) is 0 Å². The molecule has 108 valence electrons. The van der Waals surface area contributed by atoms with Crippen molar-refractivity contribution in [2.24, 2.45) is 0 Å². The first-order valence-electron chi connectivity index (χ1n) is 6.68. The molecule has 2 rings (SSSR count). The van der Waals surface area contributed by atoms with Crippen LogP contribution in [0.1, 0.15) is 24.0 Å². The molecule has 5 nitrogen and oxygen atoms in total. The molecule has 1 aliphatic heterocycles. The van der Waals surface area contributed by atoms with Crippen LogP contribution >= 0.6 is 0 Å². The van der Waals surface area contributed by atoms with Crippen LogP contribution in [0.3, 0.4) is 0 Å². The molecule has 1 saturated heterocycles. The van der Waals surface area contributed by atoms with Gasteiger partial charge >= 0.3 is 5.97 Å². The zero-order chi connectivity index (χ0) is 14.7. The van der Waals surface area contributed by atoms with Crippen molar-refractivity contribution in [2.75, 3.05) is 13.7 Å². The van der Waals surface area contributed by atoms with Gasteiger partial charge in [-0.05, 0) is 37.0 Å². The molecular formula is C15H19NO4. The molecule has 1 aromatic rings. The highest BCUT2D eigenvalue weighted by Crippen LogP contribution is 2.22. The molecule has 0 bridgehead atoms. The van der Waals surface area contributed by atoms with Crippen LogP contribution < -0.4 is 4.74 Å². The van der Waals surface area contributed by atoms with Gasteiger partial charge in [0.05, 0.1) is 13.5 Å². The number of ether oxygens (including phenoxy) is 1. The number of likely N-dealkylation sites (tertiary alicyclic amines) is 1. The first kappa shape index (κ1) is 14.4. The lowest BCUT2D eigenvalue weighted by atomic mass is 10.1. The average molecular weight is 277 g/mol. The number of hydrogen-bond donors (Lipinski definition) is 1. The quantitative estimate of drug-likeness (QED) is 0.908. The van der Waals surface area contributed by atoms with Gasteiger partial charge in [-0.15, -0.1) is 0 Å². The second kappa shape index (κ2) is 5.94. The van der Waals surface area contributed by atoms with Gasteiger partial charge in [0.25, 0.3) is 0 Å². The molecule has 0 saturated carbocycles. The Hall–Kier alpha value is -2.04. The van der Waals surface area contributed by atoms with Gasteiger partial charge < -0.3 is 14.7 Å². The van der Waals surface area contributed by atoms with Gasteiger partial charge in [-0.2, -0.15) is 0 Å². The van der Waals surface area contributed by atoms with Crippen LogP contribution in [0.5, 0.6) is 5.75 Å². The van der Waals surface area contributed by atoms with E-state index in [4.69, 9.17) is 9.84 Å². The van der Waals surface area contributed by atoms with Crippen molar-refractivity contribution >= 4 is 11.9 Å². The van der Waals surface area contributed by atoms with Crippen molar-refractivity contribution in [3.63, 3.8) is 0 Å². The number of aryl methyl sites for hydroxylation is 1. The van der Waals surface area contributed by atoms with E-state index >= 15 is 0 Å². The molecule has 1 fully saturated rings. The largest absolute Gasteiger partial charge is 0.496 e. The van der Waals surface area contributed by atoms with Gasteiger partial charge in [0, 0.05) is 6.54 Å². The zero-order valence-electron chi connectivity index (χ0n) is 11.8. The van der Waals surface area contributed by atoms with Gasteiger partial charge in [0.1, 0.15) is 11.8 Å². The predicted octanol–water partition coefficient (Wildman–Crippen LogP) is 1.62. The molecular weight excluding hydrogens is 258 g/mol. The van der Waals surface area contributed by atoms with E-state index < -0.39 is 12.0 Å². The standard InChI is InChI=1S/C15H19NO4/c1-10-5-6-11(8-13(10)20-2)9-14(17)16-7-3-4-12(16)15(18)19/h5-6,8,12H,3-4,7,9H2,1-2H3,(H,18,19)/t12-/m0/s1. The van der Waals surface area contributed by atoms with E-state index in [9.17, 15) is 9.59 Å². The van der Waals surface area contributed by atoms with Crippen LogP contribution in [-0.4, -0.2) is 41.6 Å². The highest BCUT2D eigenvalue weighted by atomic mass is 16.5. The molecule has 0 aliphatic carbocycles. The smallest absolute Gasteiger partial charge is 0.326 e. The molecule has 0 aromatic heterocycles. The number of carbonyl (C=O) groups excluding carboxylic acids is 1. The topological polar surface area (TPSA) is 66.8 Å². The Labute approximate surface area is 118 Å². The van der Waals surface area contributed by atoms with Crippen LogP contribution in [0.25, 0.3) is 0 Å². The summed E-state index contributed by atoms with van der Waals surface area (Å²) in [6, 6.07) is 4.94. The number of aliphatic carboxylic acids is 1. The fraction of sp³-hybridized carbons (Fsp3) is 0.467. The summed E-state index contributed by atoms with van der Waals surface area (Å²) in [5.41, 5.74) is 1.85. The minimum Gasteiger partial charge on any atom is -0.496 e. The maximum Gasteiger partial charge on any atom is 0.326 e. The monoisotopic (exact) mass is 277 g/mol. The average Bonchev–Trinajstić information content (AvgIpc) is 2.90. The van der Waals surface area contributed by atoms with Gasteiger partial charge in [0.15, 0.2) is 0 Å². The van der Waals surface area contributed by atoms with Crippen molar-refractivity contribution < 1.29 is 19.4 Å². The number of benzene rings is 1. The Balaban J connectivity index is 2.09. The summed E-state index contributed by atoms with van der Waals surface area (Å²) in [6.45, 7) is 2.46. The summed E-state index contributed by atoms with van der Waals surface area (Å²) in [7, 11) is 1.59. The molecule has 0 spiro atoms. The summed E-state index contributed by atoms with van der Waals surface area (Å²) < 4.78 is 5.23. The lowest BCUT2D eigenvalue weighted by molar-refractivity contribution is -0.148. The Kier molecular flexibility index (Phi) is 4.27. The Morgan fingerprint density at radius 1 is 1.45 bits per heavy atom. The number of nitrogens with zero attached hydrogens (tertiary/aromatic N) is 1. The van der Waals surface area contributed by atoms with E-state index in [1.807, 2.05) is 25.1 Å². The highest BCUT2D eigenvalue weighted by Gasteiger charge is 2.33. The van der Waals surface area contributed by atoms with Crippen molar-refractivity contribution in [1.82, 2.24) is 4.90 Å². The van der Waals surface area contributed by atoms with Crippen molar-refractivity contribution in [3.8, 4) is 5.75 Å². The van der Waals surface area contributed by atoms with E-state index in [1.165, 1.54) is 4.90 Å². The van der Waals surface area contributed by atoms with Gasteiger partial charge in [-0.25, -0.2) is 4.79 Å². The summed E-state index contributed by atoms with van der Waals surface area (Å²) in [5.74, 6) is -0.315. The maximum atomic E-state index is 12.2. The number of hydrogen-bond acceptors (Lipinski definition) is 3. The van der Waals surface area contributed by atoms with E-state index in [0.29, 0.717) is 13.0 Å². The normalized spacial score (nSPS) is 18.1. The van der Waals surface area contributed by atoms with Crippen molar-refractivity contribution in [2.45, 2.75) is 32.2 Å². The van der Waals surface area contributed by atoms with Gasteiger partial charge in [0.2, 0.25) is 5.91 Å². The second-order valence-electron chi connectivity index (χ2n) is 5.06. The summed E-state index contributed by atoms with van der Waals surface area (Å²) in [5, 5.41) is 9.10. The van der Waals surface area contributed by atoms with Crippen LogP contribution in [0, 0.1) is 6.92 Å². The fourth-order valence-corrected chi connectivity index (χ4v) is 2.57. The van der Waals surface area contributed by atoms with Crippen molar-refractivity contribution in [1.29, 1.82) is 0 Å². The molecule has 1 aliphatic rings. The van der Waals surface area contributed by atoms with Crippen molar-refractivity contribution in [3.05, 3.63) is 29.3 Å². The number of amides is 1. The molecule has 1 N–H and O–H groups in total. The lowest BCUT2D eigenvalue weighted by Gasteiger charge is -2.21. The van der Waals surface area contributed by atoms with Gasteiger partial charge in [-0.1, -0.05) is 12.1 Å². The molecule has 1 atom stereocenters. The van der Waals surface area contributed by atoms with E-state index in [1.54, 1.807) is 7.11 Å². The lowest BCUT2D eigenvalue weighted by Crippen LogP contribution is -2.41. The number of rotatable bonds is 4. The van der Waals surface area contributed by atoms with E-state index in [0.717, 1.165) is 23.3 Å². The predicted molar refractivity (Wildman–Crippen MR) is 73.8 cm³/mol. The molecule has 0 unspecified atom stereocenters. The molecule has 0 radical (unpaired) electrons. The molecule has 1 aromatic carbocycles. The second-order valence-corrected chi connectivity index (χ2v) is 5.06. The van der Waals surface area contributed by atoms with Crippen LogP contribution in [-0.2, 0) is 16.0 Å².